The quantitative estimate of drug-likeness (QED) is 0.709. The van der Waals surface area contributed by atoms with Gasteiger partial charge in [-0.05, 0) is 44.2 Å². The van der Waals surface area contributed by atoms with E-state index in [9.17, 15) is 4.39 Å². The molecule has 0 radical (unpaired) electrons. The predicted octanol–water partition coefficient (Wildman–Crippen LogP) is 3.38. The van der Waals surface area contributed by atoms with Gasteiger partial charge in [-0.15, -0.1) is 0 Å². The monoisotopic (exact) mass is 241 g/mol. The van der Waals surface area contributed by atoms with E-state index in [4.69, 9.17) is 0 Å². The van der Waals surface area contributed by atoms with Crippen molar-refractivity contribution in [1.82, 2.24) is 15.0 Å². The first-order valence-electron chi connectivity index (χ1n) is 5.73. The van der Waals surface area contributed by atoms with Gasteiger partial charge in [0.05, 0.1) is 11.0 Å². The smallest absolute Gasteiger partial charge is 0.140 e. The van der Waals surface area contributed by atoms with Gasteiger partial charge in [0.1, 0.15) is 11.6 Å². The number of hydrogen-bond donors (Lipinski definition) is 1. The lowest BCUT2D eigenvalue weighted by molar-refractivity contribution is 0.629. The zero-order valence-electron chi connectivity index (χ0n) is 10.2. The highest BCUT2D eigenvalue weighted by molar-refractivity contribution is 5.79. The van der Waals surface area contributed by atoms with Crippen molar-refractivity contribution in [3.05, 3.63) is 47.5 Å². The first kappa shape index (κ1) is 10.9. The zero-order chi connectivity index (χ0) is 12.7. The molecule has 90 valence electrons. The van der Waals surface area contributed by atoms with Crippen LogP contribution in [0.1, 0.15) is 11.4 Å². The lowest BCUT2D eigenvalue weighted by atomic mass is 10.2. The van der Waals surface area contributed by atoms with E-state index < -0.39 is 0 Å². The second-order valence-electron chi connectivity index (χ2n) is 4.33. The summed E-state index contributed by atoms with van der Waals surface area (Å²) in [6.07, 6.45) is 0. The van der Waals surface area contributed by atoms with Crippen LogP contribution in [-0.2, 0) is 0 Å². The lowest BCUT2D eigenvalue weighted by Gasteiger charge is -2.02. The average molecular weight is 241 g/mol. The number of aryl methyl sites for hydroxylation is 2. The van der Waals surface area contributed by atoms with E-state index in [0.29, 0.717) is 5.52 Å². The molecule has 0 aliphatic carbocycles. The molecule has 18 heavy (non-hydrogen) atoms. The highest BCUT2D eigenvalue weighted by Gasteiger charge is 2.09. The van der Waals surface area contributed by atoms with Gasteiger partial charge in [-0.2, -0.15) is 0 Å². The van der Waals surface area contributed by atoms with Crippen LogP contribution in [-0.4, -0.2) is 15.0 Å². The Bertz CT molecular complexity index is 731. The summed E-state index contributed by atoms with van der Waals surface area (Å²) >= 11 is 0. The summed E-state index contributed by atoms with van der Waals surface area (Å²) in [7, 11) is 0. The molecule has 0 aliphatic rings. The van der Waals surface area contributed by atoms with E-state index in [2.05, 4.69) is 15.0 Å². The highest BCUT2D eigenvalue weighted by atomic mass is 19.1. The second-order valence-corrected chi connectivity index (χ2v) is 4.33. The van der Waals surface area contributed by atoms with Gasteiger partial charge in [0.2, 0.25) is 0 Å². The minimum Gasteiger partial charge on any atom is -0.338 e. The number of pyridine rings is 1. The van der Waals surface area contributed by atoms with E-state index >= 15 is 0 Å². The van der Waals surface area contributed by atoms with Gasteiger partial charge in [0, 0.05) is 17.0 Å². The molecular weight excluding hydrogens is 229 g/mol. The van der Waals surface area contributed by atoms with Gasteiger partial charge in [-0.25, -0.2) is 9.37 Å². The Hall–Kier alpha value is -2.23. The molecule has 2 heterocycles. The number of hydrogen-bond acceptors (Lipinski definition) is 2. The fraction of sp³-hybridized carbons (Fsp3) is 0.143. The fourth-order valence-corrected chi connectivity index (χ4v) is 2.05. The third-order valence-corrected chi connectivity index (χ3v) is 2.92. The Kier molecular flexibility index (Phi) is 2.37. The molecule has 0 amide bonds. The molecule has 3 rings (SSSR count). The van der Waals surface area contributed by atoms with Crippen molar-refractivity contribution >= 4 is 11.0 Å². The highest BCUT2D eigenvalue weighted by Crippen LogP contribution is 2.23. The summed E-state index contributed by atoms with van der Waals surface area (Å²) in [5.41, 5.74) is 4.28. The number of benzene rings is 1. The van der Waals surface area contributed by atoms with Crippen molar-refractivity contribution in [2.45, 2.75) is 13.8 Å². The SMILES string of the molecule is Cc1ccc(-c2nc3ccc(F)cc3[nH]2)c(C)n1. The van der Waals surface area contributed by atoms with Gasteiger partial charge < -0.3 is 4.98 Å². The molecular formula is C14H12FN3. The number of nitrogens with zero attached hydrogens (tertiary/aromatic N) is 2. The summed E-state index contributed by atoms with van der Waals surface area (Å²) in [6.45, 7) is 3.89. The minimum atomic E-state index is -0.267. The molecule has 3 nitrogen and oxygen atoms in total. The fourth-order valence-electron chi connectivity index (χ4n) is 2.05. The Morgan fingerprint density at radius 1 is 1.06 bits per heavy atom. The summed E-state index contributed by atoms with van der Waals surface area (Å²) in [5, 5.41) is 0. The van der Waals surface area contributed by atoms with E-state index in [0.717, 1.165) is 28.3 Å². The van der Waals surface area contributed by atoms with Gasteiger partial charge in [0.25, 0.3) is 0 Å². The number of H-pyrrole nitrogens is 1. The van der Waals surface area contributed by atoms with Crippen LogP contribution < -0.4 is 0 Å². The molecule has 0 spiro atoms. The van der Waals surface area contributed by atoms with E-state index in [-0.39, 0.29) is 5.82 Å². The van der Waals surface area contributed by atoms with Crippen molar-refractivity contribution in [3.8, 4) is 11.4 Å². The number of aromatic amines is 1. The molecule has 0 atom stereocenters. The van der Waals surface area contributed by atoms with Crippen LogP contribution in [0.4, 0.5) is 4.39 Å². The number of halogens is 1. The van der Waals surface area contributed by atoms with Crippen molar-refractivity contribution < 1.29 is 4.39 Å². The molecule has 0 aliphatic heterocycles. The Morgan fingerprint density at radius 3 is 2.67 bits per heavy atom. The van der Waals surface area contributed by atoms with Gasteiger partial charge in [-0.3, -0.25) is 4.98 Å². The Labute approximate surface area is 104 Å². The summed E-state index contributed by atoms with van der Waals surface area (Å²) in [5.74, 6) is 0.456. The third-order valence-electron chi connectivity index (χ3n) is 2.92. The largest absolute Gasteiger partial charge is 0.338 e. The number of aromatic nitrogens is 3. The topological polar surface area (TPSA) is 41.6 Å². The van der Waals surface area contributed by atoms with Crippen molar-refractivity contribution in [2.75, 3.05) is 0 Å². The maximum atomic E-state index is 13.1. The van der Waals surface area contributed by atoms with Crippen molar-refractivity contribution in [1.29, 1.82) is 0 Å². The molecule has 0 bridgehead atoms. The van der Waals surface area contributed by atoms with E-state index in [1.165, 1.54) is 12.1 Å². The second kappa shape index (κ2) is 3.91. The molecule has 1 aromatic carbocycles. The maximum absolute atomic E-state index is 13.1. The van der Waals surface area contributed by atoms with Crippen LogP contribution in [0.25, 0.3) is 22.4 Å². The van der Waals surface area contributed by atoms with Gasteiger partial charge >= 0.3 is 0 Å². The zero-order valence-corrected chi connectivity index (χ0v) is 10.2. The third kappa shape index (κ3) is 1.76. The lowest BCUT2D eigenvalue weighted by Crippen LogP contribution is -1.91. The van der Waals surface area contributed by atoms with Crippen molar-refractivity contribution in [2.24, 2.45) is 0 Å². The number of imidazole rings is 1. The van der Waals surface area contributed by atoms with E-state index in [1.54, 1.807) is 6.07 Å². The van der Waals surface area contributed by atoms with Crippen LogP contribution in [0, 0.1) is 19.7 Å². The summed E-state index contributed by atoms with van der Waals surface area (Å²) in [6, 6.07) is 8.44. The molecule has 0 fully saturated rings. The number of nitrogens with one attached hydrogen (secondary N) is 1. The first-order chi connectivity index (χ1) is 8.63. The van der Waals surface area contributed by atoms with Gasteiger partial charge in [0.15, 0.2) is 0 Å². The van der Waals surface area contributed by atoms with Gasteiger partial charge in [-0.1, -0.05) is 0 Å². The average Bonchev–Trinajstić information content (AvgIpc) is 2.71. The van der Waals surface area contributed by atoms with Crippen LogP contribution >= 0.6 is 0 Å². The molecule has 0 saturated carbocycles. The molecule has 1 N–H and O–H groups in total. The Morgan fingerprint density at radius 2 is 1.89 bits per heavy atom. The maximum Gasteiger partial charge on any atom is 0.140 e. The molecule has 4 heteroatoms. The van der Waals surface area contributed by atoms with E-state index in [1.807, 2.05) is 26.0 Å². The minimum absolute atomic E-state index is 0.267. The predicted molar refractivity (Wildman–Crippen MR) is 68.8 cm³/mol. The summed E-state index contributed by atoms with van der Waals surface area (Å²) < 4.78 is 13.1. The summed E-state index contributed by atoms with van der Waals surface area (Å²) in [4.78, 5) is 12.0. The van der Waals surface area contributed by atoms with Crippen LogP contribution in [0.15, 0.2) is 30.3 Å². The molecule has 0 unspecified atom stereocenters. The van der Waals surface area contributed by atoms with Crippen LogP contribution in [0.2, 0.25) is 0 Å². The normalized spacial score (nSPS) is 11.1. The number of rotatable bonds is 1. The molecule has 2 aromatic heterocycles. The standard InChI is InChI=1S/C14H12FN3/c1-8-3-5-11(9(2)16-8)14-17-12-6-4-10(15)7-13(12)18-14/h3-7H,1-2H3,(H,17,18). The Balaban J connectivity index is 2.19. The van der Waals surface area contributed by atoms with Crippen LogP contribution in [0.3, 0.4) is 0 Å². The molecule has 0 saturated heterocycles. The number of fused-ring (bicyclic) bond motifs is 1. The first-order valence-corrected chi connectivity index (χ1v) is 5.73. The van der Waals surface area contributed by atoms with Crippen LogP contribution in [0.5, 0.6) is 0 Å². The molecule has 3 aromatic rings. The van der Waals surface area contributed by atoms with Crippen molar-refractivity contribution in [3.63, 3.8) is 0 Å².